The molecule has 0 saturated heterocycles. The van der Waals surface area contributed by atoms with Gasteiger partial charge in [0.05, 0.1) is 5.75 Å². The van der Waals surface area contributed by atoms with Crippen molar-refractivity contribution in [1.82, 2.24) is 14.9 Å². The van der Waals surface area contributed by atoms with Crippen molar-refractivity contribution in [2.24, 2.45) is 0 Å². The van der Waals surface area contributed by atoms with Crippen LogP contribution in [0.4, 0.5) is 15.8 Å². The second-order valence-corrected chi connectivity index (χ2v) is 10.6. The van der Waals surface area contributed by atoms with E-state index in [1.807, 2.05) is 93.5 Å². The van der Waals surface area contributed by atoms with Crippen LogP contribution in [0.5, 0.6) is 0 Å². The molecule has 0 aliphatic heterocycles. The first kappa shape index (κ1) is 28.8. The monoisotopic (exact) mass is 557 g/mol. The Morgan fingerprint density at radius 3 is 2.12 bits per heavy atom. The van der Waals surface area contributed by atoms with Crippen LogP contribution in [0.2, 0.25) is 0 Å². The number of amides is 2. The van der Waals surface area contributed by atoms with E-state index in [2.05, 4.69) is 15.3 Å². The van der Waals surface area contributed by atoms with Crippen molar-refractivity contribution >= 4 is 35.0 Å². The average Bonchev–Trinajstić information content (AvgIpc) is 2.93. The van der Waals surface area contributed by atoms with E-state index in [1.165, 1.54) is 28.8 Å². The molecule has 0 saturated carbocycles. The lowest BCUT2D eigenvalue weighted by atomic mass is 10.0. The van der Waals surface area contributed by atoms with E-state index in [0.29, 0.717) is 22.0 Å². The van der Waals surface area contributed by atoms with Gasteiger partial charge in [-0.25, -0.2) is 14.4 Å². The van der Waals surface area contributed by atoms with Crippen molar-refractivity contribution in [3.8, 4) is 0 Å². The maximum atomic E-state index is 13.9. The molecule has 0 aliphatic carbocycles. The van der Waals surface area contributed by atoms with Gasteiger partial charge in [-0.3, -0.25) is 9.59 Å². The van der Waals surface area contributed by atoms with Crippen molar-refractivity contribution in [2.45, 2.75) is 31.6 Å². The summed E-state index contributed by atoms with van der Waals surface area (Å²) in [6.07, 6.45) is 0. The summed E-state index contributed by atoms with van der Waals surface area (Å²) in [6.45, 7) is 3.87. The Labute approximate surface area is 238 Å². The van der Waals surface area contributed by atoms with E-state index < -0.39 is 6.04 Å². The van der Waals surface area contributed by atoms with Gasteiger partial charge in [0, 0.05) is 43.4 Å². The molecule has 1 unspecified atom stereocenters. The number of aromatic nitrogens is 2. The maximum Gasteiger partial charge on any atom is 0.251 e. The molecule has 1 atom stereocenters. The Kier molecular flexibility index (Phi) is 9.50. The van der Waals surface area contributed by atoms with Gasteiger partial charge in [-0.05, 0) is 67.4 Å². The number of nitrogens with one attached hydrogen (secondary N) is 1. The van der Waals surface area contributed by atoms with Crippen LogP contribution in [-0.4, -0.2) is 46.5 Å². The zero-order valence-electron chi connectivity index (χ0n) is 23.0. The molecule has 3 aromatic carbocycles. The van der Waals surface area contributed by atoms with Gasteiger partial charge in [0.2, 0.25) is 5.91 Å². The highest BCUT2D eigenvalue weighted by molar-refractivity contribution is 7.99. The van der Waals surface area contributed by atoms with Gasteiger partial charge in [0.25, 0.3) is 5.91 Å². The first-order chi connectivity index (χ1) is 19.2. The van der Waals surface area contributed by atoms with Crippen molar-refractivity contribution in [2.75, 3.05) is 30.1 Å². The smallest absolute Gasteiger partial charge is 0.251 e. The van der Waals surface area contributed by atoms with Crippen LogP contribution < -0.4 is 10.2 Å². The highest BCUT2D eigenvalue weighted by atomic mass is 32.2. The van der Waals surface area contributed by atoms with Crippen LogP contribution in [0.25, 0.3) is 0 Å². The summed E-state index contributed by atoms with van der Waals surface area (Å²) in [5, 5.41) is 3.48. The molecule has 1 aromatic heterocycles. The molecular weight excluding hydrogens is 525 g/mol. The highest BCUT2D eigenvalue weighted by Gasteiger charge is 2.32. The van der Waals surface area contributed by atoms with Crippen LogP contribution in [0, 0.1) is 19.7 Å². The Morgan fingerprint density at radius 2 is 1.52 bits per heavy atom. The molecule has 2 amide bonds. The summed E-state index contributed by atoms with van der Waals surface area (Å²) in [4.78, 5) is 40.1. The number of halogens is 1. The van der Waals surface area contributed by atoms with Gasteiger partial charge in [0.15, 0.2) is 5.16 Å². The Balaban J connectivity index is 1.66. The first-order valence-electron chi connectivity index (χ1n) is 12.8. The molecule has 0 bridgehead atoms. The molecule has 4 rings (SSSR count). The third-order valence-electron chi connectivity index (χ3n) is 6.20. The minimum absolute atomic E-state index is 0.0260. The third-order valence-corrected chi connectivity index (χ3v) is 7.03. The van der Waals surface area contributed by atoms with Crippen LogP contribution in [0.1, 0.15) is 28.6 Å². The van der Waals surface area contributed by atoms with Crippen molar-refractivity contribution in [3.05, 3.63) is 113 Å². The summed E-state index contributed by atoms with van der Waals surface area (Å²) >= 11 is 1.22. The van der Waals surface area contributed by atoms with E-state index in [1.54, 1.807) is 12.1 Å². The number of anilines is 2. The van der Waals surface area contributed by atoms with E-state index in [-0.39, 0.29) is 29.9 Å². The number of carbonyl (C=O) groups is 2. The topological polar surface area (TPSA) is 78.4 Å². The first-order valence-corrected chi connectivity index (χ1v) is 13.8. The molecule has 40 heavy (non-hydrogen) atoms. The number of aryl methyl sites for hydroxylation is 2. The largest absolute Gasteiger partial charge is 0.378 e. The Morgan fingerprint density at radius 1 is 0.900 bits per heavy atom. The molecule has 7 nitrogen and oxygen atoms in total. The van der Waals surface area contributed by atoms with Crippen LogP contribution in [-0.2, 0) is 16.1 Å². The van der Waals surface area contributed by atoms with Crippen LogP contribution >= 0.6 is 11.8 Å². The molecular formula is C31H32FN5O2S. The number of rotatable bonds is 10. The second kappa shape index (κ2) is 13.2. The molecule has 9 heteroatoms. The van der Waals surface area contributed by atoms with Crippen LogP contribution in [0.3, 0.4) is 0 Å². The molecule has 0 radical (unpaired) electrons. The van der Waals surface area contributed by atoms with Gasteiger partial charge < -0.3 is 15.1 Å². The molecule has 0 spiro atoms. The van der Waals surface area contributed by atoms with Gasteiger partial charge in [-0.2, -0.15) is 0 Å². The van der Waals surface area contributed by atoms with Crippen molar-refractivity contribution in [3.63, 3.8) is 0 Å². The third kappa shape index (κ3) is 7.66. The summed E-state index contributed by atoms with van der Waals surface area (Å²) in [7, 11) is 3.89. The molecule has 1 heterocycles. The fourth-order valence-corrected chi connectivity index (χ4v) is 5.07. The fourth-order valence-electron chi connectivity index (χ4n) is 4.24. The normalized spacial score (nSPS) is 11.5. The lowest BCUT2D eigenvalue weighted by Crippen LogP contribution is -2.41. The predicted octanol–water partition coefficient (Wildman–Crippen LogP) is 5.80. The Hall–Kier alpha value is -4.24. The lowest BCUT2D eigenvalue weighted by molar-refractivity contribution is -0.137. The number of hydrogen-bond acceptors (Lipinski definition) is 6. The van der Waals surface area contributed by atoms with Gasteiger partial charge in [-0.15, -0.1) is 0 Å². The van der Waals surface area contributed by atoms with E-state index in [9.17, 15) is 14.0 Å². The van der Waals surface area contributed by atoms with Crippen LogP contribution in [0.15, 0.2) is 90.1 Å². The average molecular weight is 558 g/mol. The zero-order chi connectivity index (χ0) is 28.6. The van der Waals surface area contributed by atoms with E-state index in [4.69, 9.17) is 0 Å². The minimum atomic E-state index is -0.937. The molecule has 4 aromatic rings. The van der Waals surface area contributed by atoms with Gasteiger partial charge >= 0.3 is 0 Å². The van der Waals surface area contributed by atoms with Gasteiger partial charge in [-0.1, -0.05) is 54.2 Å². The number of carbonyl (C=O) groups excluding carboxylic acids is 2. The Bertz CT molecular complexity index is 1430. The van der Waals surface area contributed by atoms with E-state index in [0.717, 1.165) is 17.1 Å². The highest BCUT2D eigenvalue weighted by Crippen LogP contribution is 2.28. The predicted molar refractivity (Wildman–Crippen MR) is 158 cm³/mol. The summed E-state index contributed by atoms with van der Waals surface area (Å²) in [5.74, 6) is -0.975. The number of benzene rings is 3. The molecule has 1 N–H and O–H groups in total. The van der Waals surface area contributed by atoms with E-state index >= 15 is 0 Å². The summed E-state index contributed by atoms with van der Waals surface area (Å²) < 4.78 is 13.7. The lowest BCUT2D eigenvalue weighted by Gasteiger charge is -2.31. The standard InChI is InChI=1S/C31H32FN5O2S/c1-21-18-22(2)34-31(33-21)40-20-28(38)37(19-23-10-12-25(32)13-11-23)29(24-8-6-5-7-9-24)30(39)35-26-14-16-27(17-15-26)36(3)4/h5-18,29H,19-20H2,1-4H3,(H,35,39). The zero-order valence-corrected chi connectivity index (χ0v) is 23.8. The quantitative estimate of drug-likeness (QED) is 0.196. The number of nitrogens with zero attached hydrogens (tertiary/aromatic N) is 4. The SMILES string of the molecule is Cc1cc(C)nc(SCC(=O)N(Cc2ccc(F)cc2)C(C(=O)Nc2ccc(N(C)C)cc2)c2ccccc2)n1. The summed E-state index contributed by atoms with van der Waals surface area (Å²) in [5.41, 5.74) is 4.60. The molecule has 0 fully saturated rings. The number of hydrogen-bond donors (Lipinski definition) is 1. The number of thioether (sulfide) groups is 1. The molecule has 206 valence electrons. The minimum Gasteiger partial charge on any atom is -0.378 e. The maximum absolute atomic E-state index is 13.9. The van der Waals surface area contributed by atoms with Crippen molar-refractivity contribution < 1.29 is 14.0 Å². The van der Waals surface area contributed by atoms with Crippen molar-refractivity contribution in [1.29, 1.82) is 0 Å². The summed E-state index contributed by atoms with van der Waals surface area (Å²) in [6, 6.07) is 23.5. The fraction of sp³-hybridized carbons (Fsp3) is 0.226. The molecule has 0 aliphatic rings. The second-order valence-electron chi connectivity index (χ2n) is 9.61. The van der Waals surface area contributed by atoms with Gasteiger partial charge in [0.1, 0.15) is 11.9 Å².